The van der Waals surface area contributed by atoms with Gasteiger partial charge in [-0.25, -0.2) is 0 Å². The van der Waals surface area contributed by atoms with Gasteiger partial charge in [-0.2, -0.15) is 0 Å². The quantitative estimate of drug-likeness (QED) is 0.705. The van der Waals surface area contributed by atoms with Crippen molar-refractivity contribution in [3.63, 3.8) is 0 Å². The number of hydrogen-bond acceptors (Lipinski definition) is 1. The summed E-state index contributed by atoms with van der Waals surface area (Å²) in [4.78, 5) is 11.0. The van der Waals surface area contributed by atoms with Crippen LogP contribution >= 0.6 is 0 Å². The molecule has 0 fully saturated rings. The minimum absolute atomic E-state index is 0.0288. The summed E-state index contributed by atoms with van der Waals surface area (Å²) in [5.41, 5.74) is -0.198. The molecule has 14 heavy (non-hydrogen) atoms. The fourth-order valence-corrected chi connectivity index (χ4v) is 1.46. The summed E-state index contributed by atoms with van der Waals surface area (Å²) >= 11 is 0. The highest BCUT2D eigenvalue weighted by Crippen LogP contribution is 2.33. The monoisotopic (exact) mass is 199 g/mol. The van der Waals surface area contributed by atoms with Crippen LogP contribution < -0.4 is 0 Å². The van der Waals surface area contributed by atoms with Gasteiger partial charge in [-0.05, 0) is 32.1 Å². The molecule has 1 unspecified atom stereocenters. The zero-order valence-corrected chi connectivity index (χ0v) is 10.1. The van der Waals surface area contributed by atoms with Crippen molar-refractivity contribution in [2.24, 2.45) is 16.7 Å². The molecule has 0 aromatic heterocycles. The van der Waals surface area contributed by atoms with Gasteiger partial charge in [-0.15, -0.1) is 0 Å². The average Bonchev–Trinajstić information content (AvgIpc) is 1.79. The second-order valence-electron chi connectivity index (χ2n) is 5.96. The van der Waals surface area contributed by atoms with E-state index in [2.05, 4.69) is 6.92 Å². The minimum atomic E-state index is -0.693. The van der Waals surface area contributed by atoms with Gasteiger partial charge in [-0.1, -0.05) is 20.8 Å². The smallest absolute Gasteiger partial charge is 0.307 e. The lowest BCUT2D eigenvalue weighted by Gasteiger charge is -2.28. The molecule has 0 aliphatic carbocycles. The number of carboxylic acids is 1. The van der Waals surface area contributed by atoms with Gasteiger partial charge in [0.05, 0.1) is 18.3 Å². The van der Waals surface area contributed by atoms with E-state index < -0.39 is 5.97 Å². The first kappa shape index (κ1) is 13.3. The van der Waals surface area contributed by atoms with Crippen molar-refractivity contribution in [1.29, 1.82) is 0 Å². The van der Waals surface area contributed by atoms with Crippen LogP contribution in [-0.4, -0.2) is 11.1 Å². The lowest BCUT2D eigenvalue weighted by atomic mass is 9.75. The maximum absolute atomic E-state index is 11.0. The molecule has 0 bridgehead atoms. The Morgan fingerprint density at radius 1 is 1.29 bits per heavy atom. The van der Waals surface area contributed by atoms with Crippen molar-refractivity contribution in [1.82, 2.24) is 0 Å². The molecule has 82 valence electrons. The van der Waals surface area contributed by atoms with E-state index in [1.807, 2.05) is 34.6 Å². The van der Waals surface area contributed by atoms with Crippen molar-refractivity contribution in [2.75, 3.05) is 0 Å². The fraction of sp³-hybridized carbons (Fsp3) is 0.833. The summed E-state index contributed by atoms with van der Waals surface area (Å²) in [7, 11) is 0. The molecule has 1 N–H and O–H groups in total. The largest absolute Gasteiger partial charge is 0.481 e. The summed E-state index contributed by atoms with van der Waals surface area (Å²) in [5, 5.41) is 9.09. The van der Waals surface area contributed by atoms with Crippen LogP contribution in [0.1, 0.15) is 47.5 Å². The Morgan fingerprint density at radius 3 is 1.93 bits per heavy atom. The number of carboxylic acid groups (broad SMARTS) is 1. The standard InChI is InChI=1S/C12H22O2/c1-11(2,3)8-7-9(10(13)14)12(4,5)6/h9H,1,7-8H2,2-6H3/p+1. The van der Waals surface area contributed by atoms with Crippen LogP contribution in [-0.2, 0) is 4.79 Å². The van der Waals surface area contributed by atoms with Gasteiger partial charge in [0.2, 0.25) is 0 Å². The van der Waals surface area contributed by atoms with E-state index in [9.17, 15) is 4.79 Å². The van der Waals surface area contributed by atoms with Gasteiger partial charge in [0, 0.05) is 0 Å². The Morgan fingerprint density at radius 2 is 1.71 bits per heavy atom. The maximum Gasteiger partial charge on any atom is 0.307 e. The van der Waals surface area contributed by atoms with Crippen LogP contribution in [0.3, 0.4) is 0 Å². The second-order valence-corrected chi connectivity index (χ2v) is 5.96. The SMILES string of the molecule is [CH2+]C(C)(C)CCC(C(=O)O)C(C)(C)C. The summed E-state index contributed by atoms with van der Waals surface area (Å²) in [6.07, 6.45) is 1.55. The molecule has 0 rings (SSSR count). The van der Waals surface area contributed by atoms with E-state index in [0.29, 0.717) is 6.42 Å². The predicted molar refractivity (Wildman–Crippen MR) is 59.0 cm³/mol. The molecule has 0 amide bonds. The Labute approximate surface area is 87.7 Å². The average molecular weight is 199 g/mol. The number of carbonyl (C=O) groups is 1. The summed E-state index contributed by atoms with van der Waals surface area (Å²) < 4.78 is 0. The highest BCUT2D eigenvalue weighted by atomic mass is 16.4. The molecule has 0 saturated carbocycles. The van der Waals surface area contributed by atoms with E-state index in [-0.39, 0.29) is 16.7 Å². The third-order valence-corrected chi connectivity index (χ3v) is 2.45. The van der Waals surface area contributed by atoms with Crippen LogP contribution in [0.4, 0.5) is 0 Å². The van der Waals surface area contributed by atoms with Crippen molar-refractivity contribution in [2.45, 2.75) is 47.5 Å². The van der Waals surface area contributed by atoms with Gasteiger partial charge in [0.25, 0.3) is 0 Å². The van der Waals surface area contributed by atoms with Crippen LogP contribution in [0.15, 0.2) is 0 Å². The van der Waals surface area contributed by atoms with Crippen molar-refractivity contribution in [3.8, 4) is 0 Å². The van der Waals surface area contributed by atoms with Crippen molar-refractivity contribution >= 4 is 5.97 Å². The highest BCUT2D eigenvalue weighted by molar-refractivity contribution is 5.70. The Kier molecular flexibility index (Phi) is 4.04. The van der Waals surface area contributed by atoms with Gasteiger partial charge in [0.15, 0.2) is 0 Å². The Balaban J connectivity index is 4.35. The molecule has 0 aliphatic rings. The van der Waals surface area contributed by atoms with E-state index in [1.165, 1.54) is 0 Å². The Hall–Kier alpha value is -0.660. The molecule has 2 nitrogen and oxygen atoms in total. The first-order chi connectivity index (χ1) is 6.04. The van der Waals surface area contributed by atoms with Gasteiger partial charge < -0.3 is 5.11 Å². The van der Waals surface area contributed by atoms with Crippen LogP contribution in [0.25, 0.3) is 0 Å². The molecule has 0 saturated heterocycles. The van der Waals surface area contributed by atoms with E-state index in [1.54, 1.807) is 0 Å². The molecule has 0 aromatic rings. The second kappa shape index (κ2) is 4.24. The maximum atomic E-state index is 11.0. The normalized spacial score (nSPS) is 15.2. The Bertz CT molecular complexity index is 193. The third-order valence-electron chi connectivity index (χ3n) is 2.45. The molecule has 0 heterocycles. The minimum Gasteiger partial charge on any atom is -0.481 e. The van der Waals surface area contributed by atoms with Gasteiger partial charge in [-0.3, -0.25) is 4.79 Å². The number of rotatable bonds is 4. The molecule has 0 aliphatic heterocycles. The molecule has 1 atom stereocenters. The molecule has 0 aromatic carbocycles. The first-order valence-electron chi connectivity index (χ1n) is 5.12. The lowest BCUT2D eigenvalue weighted by molar-refractivity contribution is -0.146. The molecule has 0 radical (unpaired) electrons. The lowest BCUT2D eigenvalue weighted by Crippen LogP contribution is -2.29. The van der Waals surface area contributed by atoms with Crippen LogP contribution in [0.5, 0.6) is 0 Å². The van der Waals surface area contributed by atoms with Crippen molar-refractivity contribution in [3.05, 3.63) is 6.92 Å². The zero-order valence-electron chi connectivity index (χ0n) is 10.1. The van der Waals surface area contributed by atoms with E-state index in [0.717, 1.165) is 6.42 Å². The van der Waals surface area contributed by atoms with E-state index >= 15 is 0 Å². The zero-order chi connectivity index (χ0) is 11.6. The van der Waals surface area contributed by atoms with Crippen molar-refractivity contribution < 1.29 is 9.90 Å². The first-order valence-corrected chi connectivity index (χ1v) is 5.12. The molecule has 0 spiro atoms. The predicted octanol–water partition coefficient (Wildman–Crippen LogP) is 3.37. The molecule has 2 heteroatoms. The number of hydrogen-bond donors (Lipinski definition) is 1. The summed E-state index contributed by atoms with van der Waals surface area (Å²) in [6, 6.07) is 0. The molecular formula is C12H23O2+. The van der Waals surface area contributed by atoms with Crippen LogP contribution in [0.2, 0.25) is 0 Å². The summed E-state index contributed by atoms with van der Waals surface area (Å²) in [6.45, 7) is 14.0. The van der Waals surface area contributed by atoms with Gasteiger partial charge >= 0.3 is 5.97 Å². The van der Waals surface area contributed by atoms with Crippen LogP contribution in [0, 0.1) is 23.7 Å². The number of aliphatic carboxylic acids is 1. The van der Waals surface area contributed by atoms with Gasteiger partial charge in [0.1, 0.15) is 0 Å². The summed E-state index contributed by atoms with van der Waals surface area (Å²) in [5.74, 6) is -0.967. The highest BCUT2D eigenvalue weighted by Gasteiger charge is 2.33. The van der Waals surface area contributed by atoms with E-state index in [4.69, 9.17) is 5.11 Å². The molecular weight excluding hydrogens is 176 g/mol. The third kappa shape index (κ3) is 5.15. The fourth-order valence-electron chi connectivity index (χ4n) is 1.46. The topological polar surface area (TPSA) is 37.3 Å².